The van der Waals surface area contributed by atoms with Gasteiger partial charge >= 0.3 is 0 Å². The Kier molecular flexibility index (Phi) is 1.83. The summed E-state index contributed by atoms with van der Waals surface area (Å²) >= 11 is 0. The number of allylic oxidation sites excluding steroid dienone is 2. The van der Waals surface area contributed by atoms with Crippen molar-refractivity contribution in [3.63, 3.8) is 0 Å². The van der Waals surface area contributed by atoms with Crippen molar-refractivity contribution in [3.8, 4) is 0 Å². The monoisotopic (exact) mass is 164 g/mol. The second-order valence-corrected chi connectivity index (χ2v) is 3.72. The van der Waals surface area contributed by atoms with Crippen molar-refractivity contribution < 1.29 is 9.59 Å². The largest absolute Gasteiger partial charge is 0.303 e. The Hall–Kier alpha value is -0.920. The molecule has 0 saturated heterocycles. The lowest BCUT2D eigenvalue weighted by molar-refractivity contribution is -0.128. The maximum atomic E-state index is 11.4. The van der Waals surface area contributed by atoms with Crippen molar-refractivity contribution >= 4 is 12.1 Å². The highest BCUT2D eigenvalue weighted by Crippen LogP contribution is 2.39. The van der Waals surface area contributed by atoms with Gasteiger partial charge in [0.05, 0.1) is 0 Å². The van der Waals surface area contributed by atoms with Gasteiger partial charge in [-0.1, -0.05) is 12.2 Å². The van der Waals surface area contributed by atoms with Gasteiger partial charge in [-0.25, -0.2) is 0 Å². The molecule has 64 valence electrons. The van der Waals surface area contributed by atoms with Gasteiger partial charge in [0.2, 0.25) is 0 Å². The quantitative estimate of drug-likeness (QED) is 0.456. The molecule has 0 unspecified atom stereocenters. The second kappa shape index (κ2) is 2.85. The average molecular weight is 164 g/mol. The highest BCUT2D eigenvalue weighted by atomic mass is 16.1. The van der Waals surface area contributed by atoms with Crippen LogP contribution in [0.3, 0.4) is 0 Å². The fourth-order valence-electron chi connectivity index (χ4n) is 2.31. The van der Waals surface area contributed by atoms with E-state index in [1.807, 2.05) is 0 Å². The molecule has 0 radical (unpaired) electrons. The summed E-state index contributed by atoms with van der Waals surface area (Å²) in [7, 11) is 0. The summed E-state index contributed by atoms with van der Waals surface area (Å²) < 4.78 is 0. The first-order chi connectivity index (χ1) is 5.81. The number of fused-ring (bicyclic) bond motifs is 2. The molecule has 0 heterocycles. The van der Waals surface area contributed by atoms with Crippen molar-refractivity contribution in [3.05, 3.63) is 12.2 Å². The Morgan fingerprint density at radius 3 is 3.08 bits per heavy atom. The molecule has 2 rings (SSSR count). The van der Waals surface area contributed by atoms with E-state index >= 15 is 0 Å². The van der Waals surface area contributed by atoms with E-state index in [2.05, 4.69) is 12.2 Å². The van der Waals surface area contributed by atoms with E-state index in [-0.39, 0.29) is 11.7 Å². The standard InChI is InChI=1S/C10H12O2/c11-4-3-9-8-2-1-7(5-8)6-10(9)12/h1-2,4,7-9H,3,5-6H2/t7-,8+,9+/m0/s1. The SMILES string of the molecule is O=CC[C@H]1C(=O)C[C@H]2C=C[C@@H]1C2. The van der Waals surface area contributed by atoms with Crippen LogP contribution in [0.1, 0.15) is 19.3 Å². The Bertz CT molecular complexity index is 242. The van der Waals surface area contributed by atoms with E-state index in [0.29, 0.717) is 24.7 Å². The van der Waals surface area contributed by atoms with Crippen molar-refractivity contribution in [1.82, 2.24) is 0 Å². The molecule has 0 aliphatic heterocycles. The van der Waals surface area contributed by atoms with Crippen molar-refractivity contribution in [2.45, 2.75) is 19.3 Å². The highest BCUT2D eigenvalue weighted by Gasteiger charge is 2.37. The van der Waals surface area contributed by atoms with Gasteiger partial charge < -0.3 is 4.79 Å². The summed E-state index contributed by atoms with van der Waals surface area (Å²) in [6, 6.07) is 0. The third-order valence-electron chi connectivity index (χ3n) is 2.95. The molecule has 2 aliphatic rings. The normalized spacial score (nSPS) is 38.7. The first-order valence-corrected chi connectivity index (χ1v) is 4.46. The molecule has 0 aromatic heterocycles. The summed E-state index contributed by atoms with van der Waals surface area (Å²) in [5, 5.41) is 0. The lowest BCUT2D eigenvalue weighted by Crippen LogP contribution is -2.28. The molecule has 2 aliphatic carbocycles. The molecule has 0 aromatic carbocycles. The molecular weight excluding hydrogens is 152 g/mol. The van der Waals surface area contributed by atoms with Gasteiger partial charge in [-0.2, -0.15) is 0 Å². The molecule has 0 N–H and O–H groups in total. The zero-order valence-corrected chi connectivity index (χ0v) is 6.90. The summed E-state index contributed by atoms with van der Waals surface area (Å²) in [6.07, 6.45) is 7.28. The minimum atomic E-state index is -0.00231. The van der Waals surface area contributed by atoms with Crippen LogP contribution in [0.5, 0.6) is 0 Å². The summed E-state index contributed by atoms with van der Waals surface area (Å²) in [5.74, 6) is 1.12. The van der Waals surface area contributed by atoms with Crippen LogP contribution in [-0.2, 0) is 9.59 Å². The van der Waals surface area contributed by atoms with Crippen molar-refractivity contribution in [2.75, 3.05) is 0 Å². The van der Waals surface area contributed by atoms with E-state index in [1.54, 1.807) is 0 Å². The van der Waals surface area contributed by atoms with Gasteiger partial charge in [0.25, 0.3) is 0 Å². The van der Waals surface area contributed by atoms with E-state index < -0.39 is 0 Å². The molecule has 1 fully saturated rings. The second-order valence-electron chi connectivity index (χ2n) is 3.72. The van der Waals surface area contributed by atoms with E-state index in [1.165, 1.54) is 0 Å². The molecule has 2 bridgehead atoms. The summed E-state index contributed by atoms with van der Waals surface area (Å²) in [4.78, 5) is 21.8. The lowest BCUT2D eigenvalue weighted by Gasteiger charge is -2.25. The minimum absolute atomic E-state index is 0.00231. The Morgan fingerprint density at radius 1 is 1.50 bits per heavy atom. The first-order valence-electron chi connectivity index (χ1n) is 4.46. The zero-order chi connectivity index (χ0) is 8.55. The third kappa shape index (κ3) is 1.11. The highest BCUT2D eigenvalue weighted by molar-refractivity contribution is 5.85. The number of carbonyl (C=O) groups is 2. The number of aldehydes is 1. The van der Waals surface area contributed by atoms with Crippen LogP contribution in [0, 0.1) is 17.8 Å². The van der Waals surface area contributed by atoms with Crippen LogP contribution in [0.4, 0.5) is 0 Å². The van der Waals surface area contributed by atoms with Gasteiger partial charge in [0, 0.05) is 18.8 Å². The van der Waals surface area contributed by atoms with Crippen LogP contribution in [0.25, 0.3) is 0 Å². The maximum Gasteiger partial charge on any atom is 0.137 e. The number of ketones is 1. The molecular formula is C10H12O2. The Balaban J connectivity index is 2.14. The Morgan fingerprint density at radius 2 is 2.33 bits per heavy atom. The van der Waals surface area contributed by atoms with E-state index in [4.69, 9.17) is 0 Å². The summed E-state index contributed by atoms with van der Waals surface area (Å²) in [6.45, 7) is 0. The van der Waals surface area contributed by atoms with Crippen LogP contribution in [0.2, 0.25) is 0 Å². The minimum Gasteiger partial charge on any atom is -0.303 e. The maximum absolute atomic E-state index is 11.4. The molecule has 2 nitrogen and oxygen atoms in total. The predicted octanol–water partition coefficient (Wildman–Crippen LogP) is 1.36. The molecule has 0 aromatic rings. The molecule has 3 atom stereocenters. The van der Waals surface area contributed by atoms with Crippen LogP contribution >= 0.6 is 0 Å². The fourth-order valence-corrected chi connectivity index (χ4v) is 2.31. The van der Waals surface area contributed by atoms with Crippen molar-refractivity contribution in [2.24, 2.45) is 17.8 Å². The first kappa shape index (κ1) is 7.71. The van der Waals surface area contributed by atoms with E-state index in [9.17, 15) is 9.59 Å². The molecule has 1 saturated carbocycles. The van der Waals surface area contributed by atoms with Crippen LogP contribution in [-0.4, -0.2) is 12.1 Å². The number of carbonyl (C=O) groups excluding carboxylic acids is 2. The van der Waals surface area contributed by atoms with Crippen molar-refractivity contribution in [1.29, 1.82) is 0 Å². The lowest BCUT2D eigenvalue weighted by atomic mass is 9.77. The zero-order valence-electron chi connectivity index (χ0n) is 6.90. The molecule has 0 spiro atoms. The number of rotatable bonds is 2. The molecule has 12 heavy (non-hydrogen) atoms. The van der Waals surface area contributed by atoms with E-state index in [0.717, 1.165) is 12.7 Å². The number of hydrogen-bond donors (Lipinski definition) is 0. The van der Waals surface area contributed by atoms with Gasteiger partial charge in [-0.15, -0.1) is 0 Å². The van der Waals surface area contributed by atoms with Crippen LogP contribution < -0.4 is 0 Å². The summed E-state index contributed by atoms with van der Waals surface area (Å²) in [5.41, 5.74) is 0. The predicted molar refractivity (Wildman–Crippen MR) is 44.5 cm³/mol. The molecule has 0 amide bonds. The fraction of sp³-hybridized carbons (Fsp3) is 0.600. The Labute approximate surface area is 71.6 Å². The van der Waals surface area contributed by atoms with Gasteiger partial charge in [-0.05, 0) is 18.3 Å². The van der Waals surface area contributed by atoms with Gasteiger partial charge in [-0.3, -0.25) is 4.79 Å². The number of Topliss-reactive ketones (excluding diaryl/α,β-unsaturated/α-hetero) is 1. The van der Waals surface area contributed by atoms with Gasteiger partial charge in [0.15, 0.2) is 0 Å². The van der Waals surface area contributed by atoms with Crippen LogP contribution in [0.15, 0.2) is 12.2 Å². The smallest absolute Gasteiger partial charge is 0.137 e. The molecule has 2 heteroatoms. The number of hydrogen-bond acceptors (Lipinski definition) is 2. The third-order valence-corrected chi connectivity index (χ3v) is 2.95. The topological polar surface area (TPSA) is 34.1 Å². The van der Waals surface area contributed by atoms with Gasteiger partial charge in [0.1, 0.15) is 12.1 Å². The average Bonchev–Trinajstić information content (AvgIpc) is 2.43.